The summed E-state index contributed by atoms with van der Waals surface area (Å²) in [6.07, 6.45) is 0.0693. The third-order valence-electron chi connectivity index (χ3n) is 5.33. The first-order valence-corrected chi connectivity index (χ1v) is 11.7. The highest BCUT2D eigenvalue weighted by Crippen LogP contribution is 2.30. The summed E-state index contributed by atoms with van der Waals surface area (Å²) in [5, 5.41) is 1.87. The number of fused-ring (bicyclic) bond motifs is 1. The number of ether oxygens (including phenoxy) is 1. The Balaban J connectivity index is 1.49. The van der Waals surface area contributed by atoms with Crippen LogP contribution in [-0.2, 0) is 24.3 Å². The van der Waals surface area contributed by atoms with Gasteiger partial charge in [-0.15, -0.1) is 0 Å². The summed E-state index contributed by atoms with van der Waals surface area (Å²) in [6, 6.07) is 16.1. The lowest BCUT2D eigenvalue weighted by Crippen LogP contribution is -2.41. The zero-order chi connectivity index (χ0) is 23.5. The van der Waals surface area contributed by atoms with Gasteiger partial charge in [0.2, 0.25) is 11.0 Å². The number of benzene rings is 3. The Labute approximate surface area is 198 Å². The number of rotatable bonds is 6. The molecule has 2 atom stereocenters. The predicted octanol–water partition coefficient (Wildman–Crippen LogP) is 4.30. The summed E-state index contributed by atoms with van der Waals surface area (Å²) in [7, 11) is 1.58. The van der Waals surface area contributed by atoms with Crippen LogP contribution in [0.1, 0.15) is 31.8 Å². The number of halogens is 2. The number of hydrogen-bond acceptors (Lipinski definition) is 5. The van der Waals surface area contributed by atoms with Crippen molar-refractivity contribution < 1.29 is 23.3 Å². The molecule has 4 rings (SSSR count). The number of ketones is 1. The minimum Gasteiger partial charge on any atom is -0.592 e. The van der Waals surface area contributed by atoms with Gasteiger partial charge in [-0.25, -0.2) is 9.11 Å². The van der Waals surface area contributed by atoms with Gasteiger partial charge < -0.3 is 14.6 Å². The number of Topliss-reactive ketones (excluding diaryl/α,β-unsaturated/α-hetero) is 1. The van der Waals surface area contributed by atoms with Crippen LogP contribution in [-0.4, -0.2) is 28.6 Å². The van der Waals surface area contributed by atoms with Crippen LogP contribution in [0.3, 0.4) is 0 Å². The Kier molecular flexibility index (Phi) is 6.88. The minimum absolute atomic E-state index is 0.0244. The standard InChI is InChI=1S/C24H20ClFN2O4S/c1-32-17-6-2-14(3-7-17)13-27-24(30)16-5-9-21-18(12-16)23(29)22(33(31)28-21)11-15-4-8-19(25)20(26)10-15/h2-10,12,22,28H,11,13H2,1H3,(H,27,30). The van der Waals surface area contributed by atoms with Crippen LogP contribution in [0.2, 0.25) is 5.02 Å². The Morgan fingerprint density at radius 3 is 2.58 bits per heavy atom. The van der Waals surface area contributed by atoms with E-state index in [1.165, 1.54) is 18.2 Å². The quantitative estimate of drug-likeness (QED) is 0.507. The minimum atomic E-state index is -1.70. The van der Waals surface area contributed by atoms with Gasteiger partial charge in [-0.3, -0.25) is 9.59 Å². The van der Waals surface area contributed by atoms with Crippen LogP contribution in [0.4, 0.5) is 10.1 Å². The summed E-state index contributed by atoms with van der Waals surface area (Å²) in [6.45, 7) is 0.306. The van der Waals surface area contributed by atoms with Crippen molar-refractivity contribution in [3.05, 3.63) is 93.8 Å². The lowest BCUT2D eigenvalue weighted by Gasteiger charge is -2.27. The first-order valence-electron chi connectivity index (χ1n) is 10.1. The fourth-order valence-electron chi connectivity index (χ4n) is 3.51. The maximum atomic E-state index is 13.8. The number of amides is 1. The maximum Gasteiger partial charge on any atom is 0.251 e. The number of methoxy groups -OCH3 is 1. The van der Waals surface area contributed by atoms with Gasteiger partial charge in [0.05, 0.1) is 34.7 Å². The molecule has 0 spiro atoms. The van der Waals surface area contributed by atoms with E-state index >= 15 is 0 Å². The van der Waals surface area contributed by atoms with Crippen molar-refractivity contribution >= 4 is 40.3 Å². The zero-order valence-corrected chi connectivity index (χ0v) is 19.1. The third kappa shape index (κ3) is 5.13. The second-order valence-electron chi connectivity index (χ2n) is 7.50. The Morgan fingerprint density at radius 1 is 1.15 bits per heavy atom. The highest BCUT2D eigenvalue weighted by Gasteiger charge is 2.39. The van der Waals surface area contributed by atoms with Crippen molar-refractivity contribution in [1.29, 1.82) is 0 Å². The van der Waals surface area contributed by atoms with Crippen molar-refractivity contribution in [2.24, 2.45) is 0 Å². The van der Waals surface area contributed by atoms with E-state index in [-0.39, 0.29) is 28.7 Å². The molecule has 1 amide bonds. The molecule has 0 saturated carbocycles. The van der Waals surface area contributed by atoms with E-state index in [9.17, 15) is 18.5 Å². The van der Waals surface area contributed by atoms with Crippen molar-refractivity contribution in [2.75, 3.05) is 11.8 Å². The Morgan fingerprint density at radius 2 is 1.88 bits per heavy atom. The SMILES string of the molecule is COc1ccc(CNC(=O)c2ccc3c(c2)C(=O)C(Cc2ccc(Cl)c(F)c2)[S+]([O-])N3)cc1. The monoisotopic (exact) mass is 486 g/mol. The number of nitrogens with one attached hydrogen (secondary N) is 2. The van der Waals surface area contributed by atoms with Crippen molar-refractivity contribution in [1.82, 2.24) is 5.32 Å². The molecule has 0 aromatic heterocycles. The molecular formula is C24H20ClFN2O4S. The van der Waals surface area contributed by atoms with Gasteiger partial charge in [0.25, 0.3) is 5.91 Å². The van der Waals surface area contributed by atoms with E-state index in [0.29, 0.717) is 23.4 Å². The first-order chi connectivity index (χ1) is 15.9. The Hall–Kier alpha value is -3.07. The predicted molar refractivity (Wildman–Crippen MR) is 126 cm³/mol. The number of carbonyl (C=O) groups is 2. The lowest BCUT2D eigenvalue weighted by atomic mass is 9.98. The zero-order valence-electron chi connectivity index (χ0n) is 17.6. The van der Waals surface area contributed by atoms with Gasteiger partial charge in [0.15, 0.2) is 0 Å². The van der Waals surface area contributed by atoms with Crippen LogP contribution >= 0.6 is 11.6 Å². The molecule has 1 heterocycles. The van der Waals surface area contributed by atoms with Gasteiger partial charge in [-0.1, -0.05) is 29.8 Å². The molecule has 33 heavy (non-hydrogen) atoms. The summed E-state index contributed by atoms with van der Waals surface area (Å²) in [4.78, 5) is 25.8. The topological polar surface area (TPSA) is 90.5 Å². The number of anilines is 1. The Bertz CT molecular complexity index is 1210. The molecule has 0 radical (unpaired) electrons. The van der Waals surface area contributed by atoms with E-state index in [0.717, 1.165) is 11.3 Å². The van der Waals surface area contributed by atoms with Crippen molar-refractivity contribution in [3.63, 3.8) is 0 Å². The maximum absolute atomic E-state index is 13.8. The summed E-state index contributed by atoms with van der Waals surface area (Å²) >= 11 is 4.02. The average Bonchev–Trinajstić information content (AvgIpc) is 2.82. The molecule has 3 aromatic carbocycles. The van der Waals surface area contributed by atoms with Crippen LogP contribution in [0.5, 0.6) is 5.75 Å². The molecule has 9 heteroatoms. The second kappa shape index (κ2) is 9.82. The number of hydrogen-bond donors (Lipinski definition) is 2. The van der Waals surface area contributed by atoms with Crippen molar-refractivity contribution in [3.8, 4) is 5.75 Å². The fourth-order valence-corrected chi connectivity index (χ4v) is 4.83. The first kappa shape index (κ1) is 23.1. The normalized spacial score (nSPS) is 17.2. The van der Waals surface area contributed by atoms with Gasteiger partial charge >= 0.3 is 0 Å². The van der Waals surface area contributed by atoms with E-state index < -0.39 is 22.4 Å². The van der Waals surface area contributed by atoms with Gasteiger partial charge in [0.1, 0.15) is 11.6 Å². The molecule has 3 aromatic rings. The summed E-state index contributed by atoms with van der Waals surface area (Å²) < 4.78 is 34.3. The molecule has 2 N–H and O–H groups in total. The van der Waals surface area contributed by atoms with Gasteiger partial charge in [-0.2, -0.15) is 0 Å². The van der Waals surface area contributed by atoms with E-state index in [4.69, 9.17) is 16.3 Å². The van der Waals surface area contributed by atoms with E-state index in [1.807, 2.05) is 12.1 Å². The molecule has 1 aliphatic rings. The van der Waals surface area contributed by atoms with Crippen LogP contribution in [0.25, 0.3) is 0 Å². The van der Waals surface area contributed by atoms with Gasteiger partial charge in [0, 0.05) is 18.5 Å². The number of carbonyl (C=O) groups excluding carboxylic acids is 2. The fraction of sp³-hybridized carbons (Fsp3) is 0.167. The van der Waals surface area contributed by atoms with Crippen LogP contribution in [0, 0.1) is 5.82 Å². The molecular weight excluding hydrogens is 467 g/mol. The molecule has 6 nitrogen and oxygen atoms in total. The molecule has 1 aliphatic heterocycles. The van der Waals surface area contributed by atoms with Crippen molar-refractivity contribution in [2.45, 2.75) is 18.2 Å². The molecule has 0 saturated heterocycles. The van der Waals surface area contributed by atoms with E-state index in [2.05, 4.69) is 10.0 Å². The van der Waals surface area contributed by atoms with Gasteiger partial charge in [-0.05, 0) is 53.6 Å². The highest BCUT2D eigenvalue weighted by molar-refractivity contribution is 7.94. The van der Waals surface area contributed by atoms with E-state index in [1.54, 1.807) is 37.4 Å². The second-order valence-corrected chi connectivity index (χ2v) is 9.27. The lowest BCUT2D eigenvalue weighted by molar-refractivity contribution is 0.0951. The smallest absolute Gasteiger partial charge is 0.251 e. The summed E-state index contributed by atoms with van der Waals surface area (Å²) in [5.41, 5.74) is 2.36. The van der Waals surface area contributed by atoms with Crippen LogP contribution in [0.15, 0.2) is 60.7 Å². The summed E-state index contributed by atoms with van der Waals surface area (Å²) in [5.74, 6) is -0.599. The molecule has 170 valence electrons. The molecule has 0 aliphatic carbocycles. The highest BCUT2D eigenvalue weighted by atomic mass is 35.5. The largest absolute Gasteiger partial charge is 0.592 e. The third-order valence-corrected chi connectivity index (χ3v) is 6.95. The molecule has 2 unspecified atom stereocenters. The average molecular weight is 487 g/mol. The molecule has 0 bridgehead atoms. The molecule has 0 fully saturated rings. The van der Waals surface area contributed by atoms with Crippen LogP contribution < -0.4 is 14.8 Å².